The minimum atomic E-state index is -0.416. The molecule has 16 heavy (non-hydrogen) atoms. The second kappa shape index (κ2) is 10.0. The summed E-state index contributed by atoms with van der Waals surface area (Å²) in [6.45, 7) is 6.67. The predicted molar refractivity (Wildman–Crippen MR) is 65.7 cm³/mol. The number of hydrogen-bond donors (Lipinski definition) is 1. The molecule has 1 N–H and O–H groups in total. The average molecular weight is 233 g/mol. The van der Waals surface area contributed by atoms with E-state index >= 15 is 0 Å². The van der Waals surface area contributed by atoms with E-state index in [-0.39, 0.29) is 0 Å². The number of hydrogen-bond acceptors (Lipinski definition) is 4. The van der Waals surface area contributed by atoms with Crippen LogP contribution in [0.15, 0.2) is 0 Å². The maximum atomic E-state index is 9.73. The lowest BCUT2D eigenvalue weighted by Crippen LogP contribution is -2.39. The second-order valence-corrected chi connectivity index (χ2v) is 4.33. The maximum Gasteiger partial charge on any atom is 0.0900 e. The van der Waals surface area contributed by atoms with Crippen molar-refractivity contribution in [1.29, 1.82) is 0 Å². The van der Waals surface area contributed by atoms with Crippen LogP contribution in [0.4, 0.5) is 0 Å². The van der Waals surface area contributed by atoms with Gasteiger partial charge in [-0.3, -0.25) is 4.90 Å². The Labute approximate surface area is 99.5 Å². The quantitative estimate of drug-likeness (QED) is 0.574. The fourth-order valence-corrected chi connectivity index (χ4v) is 1.40. The Morgan fingerprint density at radius 1 is 1.31 bits per heavy atom. The standard InChI is InChI=1S/C12H27NO3/c1-5-6-7-16-10-12(14)8-13(3)11(2)9-15-4/h11-12,14H,5-10H2,1-4H3. The van der Waals surface area contributed by atoms with E-state index in [0.29, 0.717) is 25.8 Å². The Morgan fingerprint density at radius 3 is 2.56 bits per heavy atom. The Kier molecular flexibility index (Phi) is 9.92. The van der Waals surface area contributed by atoms with E-state index in [1.807, 2.05) is 7.05 Å². The van der Waals surface area contributed by atoms with Gasteiger partial charge in [-0.05, 0) is 20.4 Å². The molecule has 0 spiro atoms. The van der Waals surface area contributed by atoms with Crippen LogP contribution in [0.25, 0.3) is 0 Å². The third-order valence-corrected chi connectivity index (χ3v) is 2.61. The predicted octanol–water partition coefficient (Wildman–Crippen LogP) is 1.13. The SMILES string of the molecule is CCCCOCC(O)CN(C)C(C)COC. The van der Waals surface area contributed by atoms with Gasteiger partial charge in [0, 0.05) is 26.3 Å². The average Bonchev–Trinajstić information content (AvgIpc) is 2.24. The van der Waals surface area contributed by atoms with Crippen molar-refractivity contribution in [1.82, 2.24) is 4.90 Å². The molecule has 4 heteroatoms. The first-order valence-electron chi connectivity index (χ1n) is 6.06. The zero-order valence-corrected chi connectivity index (χ0v) is 11.1. The molecular weight excluding hydrogens is 206 g/mol. The summed E-state index contributed by atoms with van der Waals surface area (Å²) in [5.41, 5.74) is 0. The smallest absolute Gasteiger partial charge is 0.0900 e. The van der Waals surface area contributed by atoms with E-state index in [0.717, 1.165) is 19.4 Å². The minimum Gasteiger partial charge on any atom is -0.389 e. The van der Waals surface area contributed by atoms with Crippen LogP contribution in [0.1, 0.15) is 26.7 Å². The van der Waals surface area contributed by atoms with Crippen molar-refractivity contribution in [2.45, 2.75) is 38.8 Å². The normalized spacial score (nSPS) is 15.4. The van der Waals surface area contributed by atoms with E-state index in [2.05, 4.69) is 18.7 Å². The number of ether oxygens (including phenoxy) is 2. The topological polar surface area (TPSA) is 41.9 Å². The molecule has 0 saturated heterocycles. The van der Waals surface area contributed by atoms with Gasteiger partial charge in [-0.1, -0.05) is 13.3 Å². The van der Waals surface area contributed by atoms with Crippen LogP contribution >= 0.6 is 0 Å². The van der Waals surface area contributed by atoms with Crippen molar-refractivity contribution in [3.8, 4) is 0 Å². The van der Waals surface area contributed by atoms with Crippen LogP contribution in [-0.4, -0.2) is 62.7 Å². The van der Waals surface area contributed by atoms with Gasteiger partial charge in [-0.15, -0.1) is 0 Å². The number of aliphatic hydroxyl groups is 1. The van der Waals surface area contributed by atoms with Gasteiger partial charge in [0.05, 0.1) is 19.3 Å². The van der Waals surface area contributed by atoms with Crippen molar-refractivity contribution < 1.29 is 14.6 Å². The first kappa shape index (κ1) is 15.8. The summed E-state index contributed by atoms with van der Waals surface area (Å²) in [7, 11) is 3.67. The van der Waals surface area contributed by atoms with Crippen LogP contribution in [-0.2, 0) is 9.47 Å². The Morgan fingerprint density at radius 2 is 2.00 bits per heavy atom. The number of rotatable bonds is 10. The molecule has 2 unspecified atom stereocenters. The Bertz CT molecular complexity index is 155. The number of unbranched alkanes of at least 4 members (excludes halogenated alkanes) is 1. The number of nitrogens with zero attached hydrogens (tertiary/aromatic N) is 1. The van der Waals surface area contributed by atoms with Gasteiger partial charge in [-0.25, -0.2) is 0 Å². The van der Waals surface area contributed by atoms with Crippen molar-refractivity contribution >= 4 is 0 Å². The third kappa shape index (κ3) is 8.05. The van der Waals surface area contributed by atoms with Gasteiger partial charge in [0.1, 0.15) is 0 Å². The summed E-state index contributed by atoms with van der Waals surface area (Å²) < 4.78 is 10.4. The lowest BCUT2D eigenvalue weighted by molar-refractivity contribution is 0.00750. The highest BCUT2D eigenvalue weighted by atomic mass is 16.5. The van der Waals surface area contributed by atoms with Crippen molar-refractivity contribution in [2.75, 3.05) is 40.5 Å². The van der Waals surface area contributed by atoms with Gasteiger partial charge in [0.25, 0.3) is 0 Å². The molecule has 0 aliphatic heterocycles. The number of aliphatic hydroxyl groups excluding tert-OH is 1. The van der Waals surface area contributed by atoms with E-state index in [1.54, 1.807) is 7.11 Å². The molecular formula is C12H27NO3. The van der Waals surface area contributed by atoms with Crippen LogP contribution in [0.5, 0.6) is 0 Å². The molecule has 0 fully saturated rings. The highest BCUT2D eigenvalue weighted by molar-refractivity contribution is 4.66. The van der Waals surface area contributed by atoms with Crippen LogP contribution in [0, 0.1) is 0 Å². The fourth-order valence-electron chi connectivity index (χ4n) is 1.40. The van der Waals surface area contributed by atoms with Gasteiger partial charge in [0.2, 0.25) is 0 Å². The number of likely N-dealkylation sites (N-methyl/N-ethyl adjacent to an activating group) is 1. The summed E-state index contributed by atoms with van der Waals surface area (Å²) in [5.74, 6) is 0. The molecule has 2 atom stereocenters. The van der Waals surface area contributed by atoms with E-state index in [1.165, 1.54) is 0 Å². The first-order chi connectivity index (χ1) is 7.61. The van der Waals surface area contributed by atoms with Gasteiger partial charge in [0.15, 0.2) is 0 Å². The molecule has 0 aromatic rings. The summed E-state index contributed by atoms with van der Waals surface area (Å²) in [4.78, 5) is 2.08. The van der Waals surface area contributed by atoms with Crippen molar-refractivity contribution in [3.63, 3.8) is 0 Å². The molecule has 0 rings (SSSR count). The Balaban J connectivity index is 3.56. The zero-order chi connectivity index (χ0) is 12.4. The third-order valence-electron chi connectivity index (χ3n) is 2.61. The highest BCUT2D eigenvalue weighted by Crippen LogP contribution is 1.99. The molecule has 4 nitrogen and oxygen atoms in total. The molecule has 0 heterocycles. The van der Waals surface area contributed by atoms with Crippen LogP contribution < -0.4 is 0 Å². The summed E-state index contributed by atoms with van der Waals surface area (Å²) in [6, 6.07) is 0.315. The Hall–Kier alpha value is -0.160. The summed E-state index contributed by atoms with van der Waals surface area (Å²) >= 11 is 0. The minimum absolute atomic E-state index is 0.315. The maximum absolute atomic E-state index is 9.73. The molecule has 0 aliphatic carbocycles. The van der Waals surface area contributed by atoms with Crippen molar-refractivity contribution in [2.24, 2.45) is 0 Å². The molecule has 98 valence electrons. The largest absolute Gasteiger partial charge is 0.389 e. The molecule has 0 aromatic carbocycles. The lowest BCUT2D eigenvalue weighted by atomic mass is 10.2. The molecule has 0 radical (unpaired) electrons. The van der Waals surface area contributed by atoms with Gasteiger partial charge in [-0.2, -0.15) is 0 Å². The van der Waals surface area contributed by atoms with Crippen molar-refractivity contribution in [3.05, 3.63) is 0 Å². The molecule has 0 amide bonds. The summed E-state index contributed by atoms with van der Waals surface area (Å²) in [6.07, 6.45) is 1.77. The highest BCUT2D eigenvalue weighted by Gasteiger charge is 2.13. The number of methoxy groups -OCH3 is 1. The molecule has 0 bridgehead atoms. The molecule has 0 aromatic heterocycles. The van der Waals surface area contributed by atoms with Crippen LogP contribution in [0.3, 0.4) is 0 Å². The van der Waals surface area contributed by atoms with E-state index in [4.69, 9.17) is 9.47 Å². The van der Waals surface area contributed by atoms with Crippen LogP contribution in [0.2, 0.25) is 0 Å². The lowest BCUT2D eigenvalue weighted by Gasteiger charge is -2.26. The molecule has 0 saturated carbocycles. The second-order valence-electron chi connectivity index (χ2n) is 4.33. The van der Waals surface area contributed by atoms with Gasteiger partial charge >= 0.3 is 0 Å². The fraction of sp³-hybridized carbons (Fsp3) is 1.00. The zero-order valence-electron chi connectivity index (χ0n) is 11.1. The van der Waals surface area contributed by atoms with E-state index < -0.39 is 6.10 Å². The van der Waals surface area contributed by atoms with Gasteiger partial charge < -0.3 is 14.6 Å². The monoisotopic (exact) mass is 233 g/mol. The van der Waals surface area contributed by atoms with E-state index in [9.17, 15) is 5.11 Å². The summed E-state index contributed by atoms with van der Waals surface area (Å²) in [5, 5.41) is 9.73. The first-order valence-corrected chi connectivity index (χ1v) is 6.06. The molecule has 0 aliphatic rings.